The van der Waals surface area contributed by atoms with Crippen molar-refractivity contribution in [1.82, 2.24) is 4.90 Å². The van der Waals surface area contributed by atoms with Crippen LogP contribution in [-0.2, 0) is 14.1 Å². The number of carbonyl (C=O) groups is 2. The zero-order valence-electron chi connectivity index (χ0n) is 12.7. The maximum Gasteiger partial charge on any atom is 0.492 e. The van der Waals surface area contributed by atoms with Crippen LogP contribution >= 0.6 is 0 Å². The molecule has 0 radical (unpaired) electrons. The van der Waals surface area contributed by atoms with E-state index in [-0.39, 0.29) is 25.1 Å². The lowest BCUT2D eigenvalue weighted by atomic mass is 9.72. The summed E-state index contributed by atoms with van der Waals surface area (Å²) in [7, 11) is -0.830. The lowest BCUT2D eigenvalue weighted by Gasteiger charge is -2.32. The standard InChI is InChI=1S/C13H20BNO6/c1-12(2)13(3,4)21-14(20-12)9-7-15(11(18)19)6-5-8(9)10(16)17/h5-7H2,1-4H3,(H,16,17)(H,18,19). The zero-order valence-corrected chi connectivity index (χ0v) is 12.7. The van der Waals surface area contributed by atoms with Gasteiger partial charge in [-0.1, -0.05) is 0 Å². The Labute approximate surface area is 123 Å². The van der Waals surface area contributed by atoms with Crippen molar-refractivity contribution < 1.29 is 29.1 Å². The summed E-state index contributed by atoms with van der Waals surface area (Å²) in [5.41, 5.74) is -0.625. The third kappa shape index (κ3) is 2.78. The van der Waals surface area contributed by atoms with Gasteiger partial charge in [-0.05, 0) is 39.6 Å². The fourth-order valence-electron chi connectivity index (χ4n) is 2.40. The first-order chi connectivity index (χ1) is 9.55. The molecule has 0 spiro atoms. The summed E-state index contributed by atoms with van der Waals surface area (Å²) in [5.74, 6) is -1.05. The molecular formula is C13H20BNO6. The molecule has 0 saturated carbocycles. The Morgan fingerprint density at radius 3 is 2.10 bits per heavy atom. The number of rotatable bonds is 2. The molecule has 1 fully saturated rings. The lowest BCUT2D eigenvalue weighted by Crippen LogP contribution is -2.42. The van der Waals surface area contributed by atoms with Crippen molar-refractivity contribution in [2.75, 3.05) is 13.1 Å². The fourth-order valence-corrected chi connectivity index (χ4v) is 2.40. The summed E-state index contributed by atoms with van der Waals surface area (Å²) in [6, 6.07) is 0. The van der Waals surface area contributed by atoms with Gasteiger partial charge in [0.25, 0.3) is 0 Å². The number of amides is 1. The van der Waals surface area contributed by atoms with E-state index in [1.807, 2.05) is 27.7 Å². The minimum atomic E-state index is -1.08. The van der Waals surface area contributed by atoms with E-state index < -0.39 is 30.4 Å². The topological polar surface area (TPSA) is 96.3 Å². The molecule has 21 heavy (non-hydrogen) atoms. The SMILES string of the molecule is CC1(C)OB(C2=C(C(=O)O)CCN(C(=O)O)C2)OC1(C)C. The molecule has 0 aromatic heterocycles. The molecule has 1 saturated heterocycles. The molecule has 7 nitrogen and oxygen atoms in total. The molecule has 0 bridgehead atoms. The van der Waals surface area contributed by atoms with Crippen molar-refractivity contribution in [3.8, 4) is 0 Å². The second kappa shape index (κ2) is 5.03. The van der Waals surface area contributed by atoms with Gasteiger partial charge in [0.1, 0.15) is 0 Å². The molecule has 0 aliphatic carbocycles. The molecular weight excluding hydrogens is 277 g/mol. The highest BCUT2D eigenvalue weighted by Gasteiger charge is 2.53. The predicted molar refractivity (Wildman–Crippen MR) is 75.0 cm³/mol. The van der Waals surface area contributed by atoms with Crippen molar-refractivity contribution >= 4 is 19.2 Å². The van der Waals surface area contributed by atoms with Gasteiger partial charge < -0.3 is 24.4 Å². The number of aliphatic carboxylic acids is 1. The molecule has 8 heteroatoms. The maximum absolute atomic E-state index is 11.4. The summed E-state index contributed by atoms with van der Waals surface area (Å²) in [6.07, 6.45) is -0.922. The van der Waals surface area contributed by atoms with Crippen LogP contribution < -0.4 is 0 Å². The van der Waals surface area contributed by atoms with E-state index in [0.29, 0.717) is 5.47 Å². The molecule has 1 amide bonds. The summed E-state index contributed by atoms with van der Waals surface area (Å²) in [5, 5.41) is 18.4. The van der Waals surface area contributed by atoms with Crippen LogP contribution in [0, 0.1) is 0 Å². The Balaban J connectivity index is 2.34. The van der Waals surface area contributed by atoms with Crippen LogP contribution in [0.25, 0.3) is 0 Å². The molecule has 116 valence electrons. The molecule has 2 N–H and O–H groups in total. The van der Waals surface area contributed by atoms with Crippen molar-refractivity contribution in [2.45, 2.75) is 45.3 Å². The smallest absolute Gasteiger partial charge is 0.478 e. The van der Waals surface area contributed by atoms with Crippen molar-refractivity contribution in [3.05, 3.63) is 11.0 Å². The van der Waals surface area contributed by atoms with Gasteiger partial charge in [-0.2, -0.15) is 0 Å². The highest BCUT2D eigenvalue weighted by atomic mass is 16.7. The Bertz CT molecular complexity index is 497. The summed E-state index contributed by atoms with van der Waals surface area (Å²) in [4.78, 5) is 23.7. The minimum absolute atomic E-state index is 0.00616. The summed E-state index contributed by atoms with van der Waals surface area (Å²) >= 11 is 0. The maximum atomic E-state index is 11.4. The van der Waals surface area contributed by atoms with Crippen LogP contribution in [0.4, 0.5) is 4.79 Å². The third-order valence-corrected chi connectivity index (χ3v) is 4.45. The van der Waals surface area contributed by atoms with E-state index in [2.05, 4.69) is 0 Å². The first-order valence-corrected chi connectivity index (χ1v) is 6.84. The van der Waals surface area contributed by atoms with Crippen LogP contribution in [0.15, 0.2) is 11.0 Å². The van der Waals surface area contributed by atoms with Crippen molar-refractivity contribution in [2.24, 2.45) is 0 Å². The second-order valence-corrected chi connectivity index (χ2v) is 6.35. The van der Waals surface area contributed by atoms with Crippen LogP contribution in [0.1, 0.15) is 34.1 Å². The van der Waals surface area contributed by atoms with Crippen LogP contribution in [-0.4, -0.2) is 58.6 Å². The number of carboxylic acids is 1. The van der Waals surface area contributed by atoms with Gasteiger partial charge in [0.15, 0.2) is 0 Å². The van der Waals surface area contributed by atoms with Gasteiger partial charge >= 0.3 is 19.2 Å². The van der Waals surface area contributed by atoms with Gasteiger partial charge in [0, 0.05) is 18.7 Å². The Hall–Kier alpha value is -1.54. The van der Waals surface area contributed by atoms with E-state index in [1.165, 1.54) is 4.90 Å². The van der Waals surface area contributed by atoms with Crippen LogP contribution in [0.2, 0.25) is 0 Å². The number of hydrogen-bond donors (Lipinski definition) is 2. The first kappa shape index (κ1) is 15.8. The number of hydrogen-bond acceptors (Lipinski definition) is 4. The molecule has 0 unspecified atom stereocenters. The number of carboxylic acid groups (broad SMARTS) is 2. The van der Waals surface area contributed by atoms with Crippen LogP contribution in [0.5, 0.6) is 0 Å². The molecule has 2 aliphatic heterocycles. The van der Waals surface area contributed by atoms with Crippen molar-refractivity contribution in [1.29, 1.82) is 0 Å². The minimum Gasteiger partial charge on any atom is -0.478 e. The van der Waals surface area contributed by atoms with E-state index in [1.54, 1.807) is 0 Å². The molecule has 0 aromatic rings. The van der Waals surface area contributed by atoms with Gasteiger partial charge in [-0.25, -0.2) is 9.59 Å². The van der Waals surface area contributed by atoms with Gasteiger partial charge in [-0.15, -0.1) is 0 Å². The van der Waals surface area contributed by atoms with E-state index in [4.69, 9.17) is 14.4 Å². The monoisotopic (exact) mass is 297 g/mol. The highest BCUT2D eigenvalue weighted by molar-refractivity contribution is 6.55. The van der Waals surface area contributed by atoms with E-state index in [9.17, 15) is 14.7 Å². The van der Waals surface area contributed by atoms with E-state index in [0.717, 1.165) is 0 Å². The Kier molecular flexibility index (Phi) is 3.79. The third-order valence-electron chi connectivity index (χ3n) is 4.45. The quantitative estimate of drug-likeness (QED) is 0.747. The fraction of sp³-hybridized carbons (Fsp3) is 0.692. The van der Waals surface area contributed by atoms with Crippen LogP contribution in [0.3, 0.4) is 0 Å². The van der Waals surface area contributed by atoms with Crippen molar-refractivity contribution in [3.63, 3.8) is 0 Å². The van der Waals surface area contributed by atoms with E-state index >= 15 is 0 Å². The normalized spacial score (nSPS) is 24.4. The van der Waals surface area contributed by atoms with Gasteiger partial charge in [0.05, 0.1) is 11.2 Å². The first-order valence-electron chi connectivity index (χ1n) is 6.84. The molecule has 0 aromatic carbocycles. The molecule has 2 aliphatic rings. The number of nitrogens with zero attached hydrogens (tertiary/aromatic N) is 1. The summed E-state index contributed by atoms with van der Waals surface area (Å²) < 4.78 is 11.7. The predicted octanol–water partition coefficient (Wildman–Crippen LogP) is 1.38. The molecule has 0 atom stereocenters. The average Bonchev–Trinajstić information content (AvgIpc) is 2.57. The largest absolute Gasteiger partial charge is 0.492 e. The van der Waals surface area contributed by atoms with Gasteiger partial charge in [-0.3, -0.25) is 0 Å². The molecule has 2 heterocycles. The zero-order chi connectivity index (χ0) is 16.0. The second-order valence-electron chi connectivity index (χ2n) is 6.35. The lowest BCUT2D eigenvalue weighted by molar-refractivity contribution is -0.133. The Morgan fingerprint density at radius 1 is 1.14 bits per heavy atom. The average molecular weight is 297 g/mol. The van der Waals surface area contributed by atoms with Gasteiger partial charge in [0.2, 0.25) is 0 Å². The highest BCUT2D eigenvalue weighted by Crippen LogP contribution is 2.40. The Morgan fingerprint density at radius 2 is 1.67 bits per heavy atom. The summed E-state index contributed by atoms with van der Waals surface area (Å²) in [6.45, 7) is 7.63. The molecule has 2 rings (SSSR count).